The molecule has 1 aromatic carbocycles. The minimum Gasteiger partial charge on any atom is -0.368 e. The third-order valence-electron chi connectivity index (χ3n) is 3.91. The molecule has 1 N–H and O–H groups in total. The highest BCUT2D eigenvalue weighted by Gasteiger charge is 2.30. The monoisotopic (exact) mass is 351 g/mol. The largest absolute Gasteiger partial charge is 0.368 e. The van der Waals surface area contributed by atoms with E-state index >= 15 is 0 Å². The Kier molecular flexibility index (Phi) is 7.07. The Morgan fingerprint density at radius 1 is 1.05 bits per heavy atom. The van der Waals surface area contributed by atoms with Crippen molar-refractivity contribution in [3.8, 4) is 0 Å². The second kappa shape index (κ2) is 8.08. The van der Waals surface area contributed by atoms with Crippen LogP contribution < -0.4 is 10.2 Å². The van der Waals surface area contributed by atoms with Gasteiger partial charge in [-0.1, -0.05) is 11.6 Å². The number of carbonyl (C=O) groups excluding carboxylic acids is 1. The third kappa shape index (κ3) is 4.16. The van der Waals surface area contributed by atoms with E-state index in [0.29, 0.717) is 5.91 Å². The normalized spacial score (nSPS) is 18.3. The fraction of sp³-hybridized carbons (Fsp3) is 0.500. The van der Waals surface area contributed by atoms with Crippen molar-refractivity contribution in [3.05, 3.63) is 29.3 Å². The summed E-state index contributed by atoms with van der Waals surface area (Å²) >= 11 is 5.90. The first-order chi connectivity index (χ1) is 9.24. The molecule has 118 valence electrons. The first-order valence-electron chi connectivity index (χ1n) is 6.74. The number of amides is 1. The zero-order valence-corrected chi connectivity index (χ0v) is 14.0. The van der Waals surface area contributed by atoms with Crippen LogP contribution in [0.3, 0.4) is 0 Å². The van der Waals surface area contributed by atoms with Crippen molar-refractivity contribution < 1.29 is 4.79 Å². The molecule has 0 radical (unpaired) electrons. The molecule has 0 aromatic heterocycles. The summed E-state index contributed by atoms with van der Waals surface area (Å²) in [6.07, 6.45) is 0. The second-order valence-electron chi connectivity index (χ2n) is 5.14. The van der Waals surface area contributed by atoms with Gasteiger partial charge in [-0.25, -0.2) is 0 Å². The summed E-state index contributed by atoms with van der Waals surface area (Å²) in [6.45, 7) is 5.11. The molecule has 21 heavy (non-hydrogen) atoms. The molecule has 7 heteroatoms. The van der Waals surface area contributed by atoms with Gasteiger partial charge in [0.25, 0.3) is 0 Å². The molecule has 3 rings (SSSR count). The van der Waals surface area contributed by atoms with Crippen LogP contribution in [0.4, 0.5) is 5.69 Å². The van der Waals surface area contributed by atoms with Crippen LogP contribution in [0.15, 0.2) is 24.3 Å². The lowest BCUT2D eigenvalue weighted by Gasteiger charge is -2.39. The topological polar surface area (TPSA) is 35.6 Å². The summed E-state index contributed by atoms with van der Waals surface area (Å²) in [5.74, 6) is 0.525. The number of halogens is 3. The lowest BCUT2D eigenvalue weighted by Crippen LogP contribution is -2.56. The van der Waals surface area contributed by atoms with E-state index in [-0.39, 0.29) is 30.7 Å². The molecular weight excluding hydrogens is 333 g/mol. The van der Waals surface area contributed by atoms with Crippen LogP contribution in [0, 0.1) is 5.92 Å². The van der Waals surface area contributed by atoms with Crippen LogP contribution in [0.2, 0.25) is 5.02 Å². The van der Waals surface area contributed by atoms with Gasteiger partial charge in [-0.2, -0.15) is 0 Å². The number of anilines is 1. The molecule has 2 fully saturated rings. The van der Waals surface area contributed by atoms with E-state index in [9.17, 15) is 4.79 Å². The van der Waals surface area contributed by atoms with Crippen molar-refractivity contribution >= 4 is 48.0 Å². The fourth-order valence-electron chi connectivity index (χ4n) is 2.56. The Hall–Kier alpha value is -0.680. The molecule has 1 aromatic rings. The number of nitrogens with one attached hydrogen (secondary N) is 1. The lowest BCUT2D eigenvalue weighted by molar-refractivity contribution is -0.137. The maximum absolute atomic E-state index is 12.1. The Labute approximate surface area is 142 Å². The molecule has 4 nitrogen and oxygen atoms in total. The van der Waals surface area contributed by atoms with Crippen molar-refractivity contribution in [1.29, 1.82) is 0 Å². The predicted octanol–water partition coefficient (Wildman–Crippen LogP) is 2.05. The van der Waals surface area contributed by atoms with Crippen LogP contribution in [0.25, 0.3) is 0 Å². The Morgan fingerprint density at radius 3 is 2.10 bits per heavy atom. The molecule has 2 aliphatic heterocycles. The first kappa shape index (κ1) is 18.4. The summed E-state index contributed by atoms with van der Waals surface area (Å²) in [7, 11) is 0. The zero-order valence-electron chi connectivity index (χ0n) is 11.6. The molecule has 2 heterocycles. The van der Waals surface area contributed by atoms with Gasteiger partial charge in [0, 0.05) is 50.0 Å². The minimum atomic E-state index is 0. The minimum absolute atomic E-state index is 0. The average molecular weight is 353 g/mol. The highest BCUT2D eigenvalue weighted by atomic mass is 35.5. The standard InChI is InChI=1S/C14H18ClN3O.2ClH/c15-12-1-3-13(4-2-12)17-5-7-18(8-6-17)14(19)11-9-16-10-11;;/h1-4,11,16H,5-10H2;2*1H. The van der Waals surface area contributed by atoms with Crippen molar-refractivity contribution in [1.82, 2.24) is 10.2 Å². The van der Waals surface area contributed by atoms with Gasteiger partial charge >= 0.3 is 0 Å². The Bertz CT molecular complexity index is 457. The molecule has 0 spiro atoms. The third-order valence-corrected chi connectivity index (χ3v) is 4.17. The molecule has 2 aliphatic rings. The summed E-state index contributed by atoms with van der Waals surface area (Å²) in [6, 6.07) is 7.90. The van der Waals surface area contributed by atoms with E-state index in [1.165, 1.54) is 5.69 Å². The summed E-state index contributed by atoms with van der Waals surface area (Å²) < 4.78 is 0. The molecule has 2 saturated heterocycles. The second-order valence-corrected chi connectivity index (χ2v) is 5.58. The van der Waals surface area contributed by atoms with Gasteiger partial charge in [0.1, 0.15) is 0 Å². The van der Waals surface area contributed by atoms with Crippen LogP contribution in [0.5, 0.6) is 0 Å². The quantitative estimate of drug-likeness (QED) is 0.885. The zero-order chi connectivity index (χ0) is 13.2. The van der Waals surface area contributed by atoms with Crippen LogP contribution in [0.1, 0.15) is 0 Å². The van der Waals surface area contributed by atoms with Crippen molar-refractivity contribution in [2.24, 2.45) is 5.92 Å². The van der Waals surface area contributed by atoms with E-state index in [0.717, 1.165) is 44.3 Å². The smallest absolute Gasteiger partial charge is 0.228 e. The number of hydrogen-bond acceptors (Lipinski definition) is 3. The van der Waals surface area contributed by atoms with Crippen molar-refractivity contribution in [2.45, 2.75) is 0 Å². The summed E-state index contributed by atoms with van der Waals surface area (Å²) in [5, 5.41) is 3.91. The van der Waals surface area contributed by atoms with Crippen LogP contribution >= 0.6 is 36.4 Å². The maximum Gasteiger partial charge on any atom is 0.228 e. The van der Waals surface area contributed by atoms with Gasteiger partial charge in [-0.05, 0) is 24.3 Å². The lowest BCUT2D eigenvalue weighted by atomic mass is 10.0. The molecule has 0 aliphatic carbocycles. The number of nitrogens with zero attached hydrogens (tertiary/aromatic N) is 2. The first-order valence-corrected chi connectivity index (χ1v) is 7.12. The number of hydrogen-bond donors (Lipinski definition) is 1. The van der Waals surface area contributed by atoms with Crippen molar-refractivity contribution in [2.75, 3.05) is 44.2 Å². The Morgan fingerprint density at radius 2 is 1.62 bits per heavy atom. The van der Waals surface area contributed by atoms with E-state index in [2.05, 4.69) is 10.2 Å². The molecule has 1 amide bonds. The van der Waals surface area contributed by atoms with Crippen LogP contribution in [-0.4, -0.2) is 50.1 Å². The number of carbonyl (C=O) groups is 1. The van der Waals surface area contributed by atoms with Gasteiger partial charge in [0.05, 0.1) is 5.92 Å². The van der Waals surface area contributed by atoms with Gasteiger partial charge in [-0.15, -0.1) is 24.8 Å². The highest BCUT2D eigenvalue weighted by Crippen LogP contribution is 2.20. The number of benzene rings is 1. The van der Waals surface area contributed by atoms with E-state index in [1.54, 1.807) is 0 Å². The molecule has 0 saturated carbocycles. The molecule has 0 atom stereocenters. The van der Waals surface area contributed by atoms with Gasteiger partial charge < -0.3 is 15.1 Å². The van der Waals surface area contributed by atoms with E-state index in [1.807, 2.05) is 29.2 Å². The predicted molar refractivity (Wildman–Crippen MR) is 91.1 cm³/mol. The molecule has 0 unspecified atom stereocenters. The van der Waals surface area contributed by atoms with Gasteiger partial charge in [0.15, 0.2) is 0 Å². The maximum atomic E-state index is 12.1. The highest BCUT2D eigenvalue weighted by molar-refractivity contribution is 6.30. The van der Waals surface area contributed by atoms with E-state index in [4.69, 9.17) is 11.6 Å². The van der Waals surface area contributed by atoms with Crippen LogP contribution in [-0.2, 0) is 4.79 Å². The summed E-state index contributed by atoms with van der Waals surface area (Å²) in [5.41, 5.74) is 1.18. The summed E-state index contributed by atoms with van der Waals surface area (Å²) in [4.78, 5) is 16.4. The van der Waals surface area contributed by atoms with E-state index < -0.39 is 0 Å². The van der Waals surface area contributed by atoms with Gasteiger partial charge in [-0.3, -0.25) is 4.79 Å². The fourth-order valence-corrected chi connectivity index (χ4v) is 2.68. The van der Waals surface area contributed by atoms with Crippen molar-refractivity contribution in [3.63, 3.8) is 0 Å². The van der Waals surface area contributed by atoms with Gasteiger partial charge in [0.2, 0.25) is 5.91 Å². The average Bonchev–Trinajstić information content (AvgIpc) is 2.38. The SMILES string of the molecule is Cl.Cl.O=C(C1CNC1)N1CCN(c2ccc(Cl)cc2)CC1. The Balaban J connectivity index is 0.00000110. The molecule has 0 bridgehead atoms. The molecular formula is C14H20Cl3N3O. The number of piperazine rings is 1. The number of rotatable bonds is 2.